The van der Waals surface area contributed by atoms with Crippen molar-refractivity contribution < 1.29 is 0 Å². The quantitative estimate of drug-likeness (QED) is 0.726. The van der Waals surface area contributed by atoms with E-state index in [-0.39, 0.29) is 0 Å². The monoisotopic (exact) mass is 202 g/mol. The second-order valence-electron chi connectivity index (χ2n) is 3.82. The van der Waals surface area contributed by atoms with Crippen LogP contribution in [0.2, 0.25) is 0 Å². The Morgan fingerprint density at radius 1 is 1.46 bits per heavy atom. The molecular weight excluding hydrogens is 180 g/mol. The van der Waals surface area contributed by atoms with E-state index in [4.69, 9.17) is 0 Å². The van der Waals surface area contributed by atoms with Crippen LogP contribution < -0.4 is 5.32 Å². The van der Waals surface area contributed by atoms with Crippen LogP contribution >= 0.6 is 11.8 Å². The van der Waals surface area contributed by atoms with E-state index in [1.807, 2.05) is 0 Å². The maximum absolute atomic E-state index is 3.57. The average molecular weight is 202 g/mol. The second kappa shape index (κ2) is 6.68. The maximum Gasteiger partial charge on any atom is 0.0170 e. The Bertz CT molecular complexity index is 124. The molecule has 1 rings (SSSR count). The van der Waals surface area contributed by atoms with Gasteiger partial charge in [0.15, 0.2) is 0 Å². The van der Waals surface area contributed by atoms with Crippen LogP contribution in [0.3, 0.4) is 0 Å². The van der Waals surface area contributed by atoms with E-state index in [9.17, 15) is 0 Å². The molecule has 0 aliphatic carbocycles. The van der Waals surface area contributed by atoms with Crippen LogP contribution in [-0.2, 0) is 0 Å². The van der Waals surface area contributed by atoms with E-state index in [2.05, 4.69) is 35.9 Å². The van der Waals surface area contributed by atoms with Crippen molar-refractivity contribution in [2.24, 2.45) is 0 Å². The third kappa shape index (κ3) is 4.89. The molecule has 0 radical (unpaired) electrons. The molecule has 0 aromatic carbocycles. The maximum atomic E-state index is 3.57. The molecule has 2 nitrogen and oxygen atoms in total. The van der Waals surface area contributed by atoms with Crippen LogP contribution in [0.1, 0.15) is 19.8 Å². The molecular formula is C10H22N2S. The lowest BCUT2D eigenvalue weighted by molar-refractivity contribution is 0.312. The summed E-state index contributed by atoms with van der Waals surface area (Å²) >= 11 is 2.09. The van der Waals surface area contributed by atoms with Crippen LogP contribution in [0.25, 0.3) is 0 Å². The predicted molar refractivity (Wildman–Crippen MR) is 61.5 cm³/mol. The lowest BCUT2D eigenvalue weighted by atomic mass is 10.2. The van der Waals surface area contributed by atoms with Gasteiger partial charge in [-0.05, 0) is 33.0 Å². The highest BCUT2D eigenvalue weighted by molar-refractivity contribution is 7.99. The molecule has 0 saturated carbocycles. The van der Waals surface area contributed by atoms with Crippen molar-refractivity contribution in [3.05, 3.63) is 0 Å². The Kier molecular flexibility index (Phi) is 5.83. The highest BCUT2D eigenvalue weighted by Crippen LogP contribution is 2.10. The van der Waals surface area contributed by atoms with Gasteiger partial charge in [0, 0.05) is 24.1 Å². The Labute approximate surface area is 86.5 Å². The number of rotatable bonds is 5. The summed E-state index contributed by atoms with van der Waals surface area (Å²) in [6.07, 6.45) is 2.58. The zero-order chi connectivity index (χ0) is 9.52. The summed E-state index contributed by atoms with van der Waals surface area (Å²) < 4.78 is 0. The van der Waals surface area contributed by atoms with Crippen LogP contribution in [0, 0.1) is 0 Å². The summed E-state index contributed by atoms with van der Waals surface area (Å²) in [5.74, 6) is 2.60. The molecule has 0 amide bonds. The van der Waals surface area contributed by atoms with Crippen LogP contribution in [0.4, 0.5) is 0 Å². The lowest BCUT2D eigenvalue weighted by Gasteiger charge is -2.25. The Balaban J connectivity index is 2.03. The summed E-state index contributed by atoms with van der Waals surface area (Å²) in [5, 5.41) is 3.57. The third-order valence-electron chi connectivity index (χ3n) is 2.46. The van der Waals surface area contributed by atoms with E-state index in [1.165, 1.54) is 44.0 Å². The molecule has 78 valence electrons. The van der Waals surface area contributed by atoms with Crippen molar-refractivity contribution in [3.63, 3.8) is 0 Å². The fourth-order valence-corrected chi connectivity index (χ4v) is 2.67. The minimum Gasteiger partial charge on any atom is -0.312 e. The minimum atomic E-state index is 0.762. The first-order chi connectivity index (χ1) is 6.33. The highest BCUT2D eigenvalue weighted by Gasteiger charge is 2.12. The molecule has 0 aromatic heterocycles. The number of hydrogen-bond donors (Lipinski definition) is 1. The average Bonchev–Trinajstić information content (AvgIpc) is 2.17. The molecule has 1 atom stereocenters. The molecule has 1 aliphatic heterocycles. The van der Waals surface area contributed by atoms with Gasteiger partial charge in [0.1, 0.15) is 0 Å². The largest absolute Gasteiger partial charge is 0.312 e. The van der Waals surface area contributed by atoms with E-state index in [0.29, 0.717) is 0 Å². The van der Waals surface area contributed by atoms with Gasteiger partial charge in [-0.25, -0.2) is 0 Å². The molecule has 1 unspecified atom stereocenters. The molecule has 0 bridgehead atoms. The number of nitrogens with zero attached hydrogens (tertiary/aromatic N) is 1. The van der Waals surface area contributed by atoms with Gasteiger partial charge in [-0.15, -0.1) is 0 Å². The molecule has 1 N–H and O–H groups in total. The molecule has 3 heteroatoms. The third-order valence-corrected chi connectivity index (χ3v) is 3.59. The SMILES string of the molecule is CCCN(C)CCC1CSCCN1. The van der Waals surface area contributed by atoms with Crippen LogP contribution in [0.5, 0.6) is 0 Å². The van der Waals surface area contributed by atoms with E-state index in [1.54, 1.807) is 0 Å². The van der Waals surface area contributed by atoms with Crippen molar-refractivity contribution in [1.29, 1.82) is 0 Å². The van der Waals surface area contributed by atoms with Gasteiger partial charge in [-0.2, -0.15) is 11.8 Å². The first-order valence-electron chi connectivity index (χ1n) is 5.32. The molecule has 1 saturated heterocycles. The standard InChI is InChI=1S/C10H22N2S/c1-3-6-12(2)7-4-10-9-13-8-5-11-10/h10-11H,3-9H2,1-2H3. The molecule has 0 spiro atoms. The van der Waals surface area contributed by atoms with Gasteiger partial charge in [0.2, 0.25) is 0 Å². The Morgan fingerprint density at radius 2 is 2.31 bits per heavy atom. The highest BCUT2D eigenvalue weighted by atomic mass is 32.2. The summed E-state index contributed by atoms with van der Waals surface area (Å²) in [5.41, 5.74) is 0. The minimum absolute atomic E-state index is 0.762. The second-order valence-corrected chi connectivity index (χ2v) is 4.97. The molecule has 0 aromatic rings. The van der Waals surface area contributed by atoms with Crippen LogP contribution in [-0.4, -0.2) is 49.1 Å². The van der Waals surface area contributed by atoms with Gasteiger partial charge in [-0.1, -0.05) is 6.92 Å². The number of thioether (sulfide) groups is 1. The number of nitrogens with one attached hydrogen (secondary N) is 1. The van der Waals surface area contributed by atoms with Crippen molar-refractivity contribution in [2.75, 3.05) is 38.2 Å². The number of hydrogen-bond acceptors (Lipinski definition) is 3. The van der Waals surface area contributed by atoms with Crippen molar-refractivity contribution in [3.8, 4) is 0 Å². The van der Waals surface area contributed by atoms with Crippen molar-refractivity contribution in [2.45, 2.75) is 25.8 Å². The van der Waals surface area contributed by atoms with Gasteiger partial charge < -0.3 is 10.2 Å². The molecule has 1 heterocycles. The summed E-state index contributed by atoms with van der Waals surface area (Å²) in [4.78, 5) is 2.43. The van der Waals surface area contributed by atoms with Crippen LogP contribution in [0.15, 0.2) is 0 Å². The van der Waals surface area contributed by atoms with Gasteiger partial charge >= 0.3 is 0 Å². The zero-order valence-corrected chi connectivity index (χ0v) is 9.70. The van der Waals surface area contributed by atoms with E-state index < -0.39 is 0 Å². The predicted octanol–water partition coefficient (Wildman–Crippen LogP) is 1.42. The first kappa shape index (κ1) is 11.3. The normalized spacial score (nSPS) is 23.8. The smallest absolute Gasteiger partial charge is 0.0170 e. The molecule has 1 aliphatic rings. The Morgan fingerprint density at radius 3 is 2.92 bits per heavy atom. The van der Waals surface area contributed by atoms with Gasteiger partial charge in [-0.3, -0.25) is 0 Å². The Hall–Kier alpha value is 0.270. The lowest BCUT2D eigenvalue weighted by Crippen LogP contribution is -2.39. The van der Waals surface area contributed by atoms with Gasteiger partial charge in [0.25, 0.3) is 0 Å². The molecule has 1 fully saturated rings. The zero-order valence-electron chi connectivity index (χ0n) is 8.88. The first-order valence-corrected chi connectivity index (χ1v) is 6.48. The summed E-state index contributed by atoms with van der Waals surface area (Å²) in [7, 11) is 2.22. The fourth-order valence-electron chi connectivity index (χ4n) is 1.67. The summed E-state index contributed by atoms with van der Waals surface area (Å²) in [6.45, 7) is 5.92. The fraction of sp³-hybridized carbons (Fsp3) is 1.00. The topological polar surface area (TPSA) is 15.3 Å². The van der Waals surface area contributed by atoms with E-state index in [0.717, 1.165) is 6.04 Å². The van der Waals surface area contributed by atoms with Crippen molar-refractivity contribution >= 4 is 11.8 Å². The molecule has 13 heavy (non-hydrogen) atoms. The summed E-state index contributed by atoms with van der Waals surface area (Å²) in [6, 6.07) is 0.762. The van der Waals surface area contributed by atoms with Crippen molar-refractivity contribution in [1.82, 2.24) is 10.2 Å². The van der Waals surface area contributed by atoms with E-state index >= 15 is 0 Å². The van der Waals surface area contributed by atoms with Gasteiger partial charge in [0.05, 0.1) is 0 Å².